The van der Waals surface area contributed by atoms with Crippen molar-refractivity contribution in [2.75, 3.05) is 27.4 Å². The minimum atomic E-state index is 0.0687. The van der Waals surface area contributed by atoms with E-state index in [0.29, 0.717) is 0 Å². The second-order valence-corrected chi connectivity index (χ2v) is 1.96. The van der Waals surface area contributed by atoms with Gasteiger partial charge >= 0.3 is 0 Å². The third-order valence-electron chi connectivity index (χ3n) is 1.14. The molecule has 0 aliphatic carbocycles. The van der Waals surface area contributed by atoms with Crippen molar-refractivity contribution in [2.24, 2.45) is 10.3 Å². The Morgan fingerprint density at radius 1 is 1.00 bits per heavy atom. The lowest BCUT2D eigenvalue weighted by molar-refractivity contribution is 0.228. The van der Waals surface area contributed by atoms with Crippen LogP contribution in [0, 0.1) is 0 Å². The van der Waals surface area contributed by atoms with Crippen LogP contribution in [0.5, 0.6) is 0 Å². The molecule has 0 saturated heterocycles. The summed E-state index contributed by atoms with van der Waals surface area (Å²) in [6.45, 7) is 0.137. The van der Waals surface area contributed by atoms with E-state index in [1.165, 1.54) is 14.2 Å². The number of methoxy groups -OCH3 is 2. The molecular weight excluding hydrogens is 164 g/mol. The highest BCUT2D eigenvalue weighted by Gasteiger charge is 2.09. The van der Waals surface area contributed by atoms with Gasteiger partial charge in [-0.3, -0.25) is 0 Å². The quantitative estimate of drug-likeness (QED) is 0.349. The van der Waals surface area contributed by atoms with Crippen molar-refractivity contribution < 1.29 is 19.9 Å². The molecule has 0 aliphatic heterocycles. The Labute approximate surface area is 70.1 Å². The van der Waals surface area contributed by atoms with Crippen LogP contribution in [-0.4, -0.2) is 49.3 Å². The molecule has 0 radical (unpaired) electrons. The molecule has 0 spiro atoms. The molecule has 12 heavy (non-hydrogen) atoms. The van der Waals surface area contributed by atoms with Crippen LogP contribution in [0.3, 0.4) is 0 Å². The SMILES string of the molecule is COCC(=NO)C(COC)=NO. The van der Waals surface area contributed by atoms with Gasteiger partial charge in [-0.1, -0.05) is 10.3 Å². The Kier molecular flexibility index (Phi) is 5.94. The predicted molar refractivity (Wildman–Crippen MR) is 42.2 cm³/mol. The van der Waals surface area contributed by atoms with Crippen molar-refractivity contribution in [1.29, 1.82) is 0 Å². The highest BCUT2D eigenvalue weighted by Crippen LogP contribution is 1.87. The molecule has 0 unspecified atom stereocenters. The summed E-state index contributed by atoms with van der Waals surface area (Å²) in [5.41, 5.74) is 0.281. The molecule has 0 aromatic heterocycles. The lowest BCUT2D eigenvalue weighted by atomic mass is 10.2. The first-order valence-corrected chi connectivity index (χ1v) is 3.20. The van der Waals surface area contributed by atoms with E-state index in [1.807, 2.05) is 0 Å². The fraction of sp³-hybridized carbons (Fsp3) is 0.667. The van der Waals surface area contributed by atoms with Crippen molar-refractivity contribution in [2.45, 2.75) is 0 Å². The summed E-state index contributed by atoms with van der Waals surface area (Å²) >= 11 is 0. The van der Waals surface area contributed by atoms with Gasteiger partial charge in [0.15, 0.2) is 0 Å². The minimum Gasteiger partial charge on any atom is -0.411 e. The molecule has 0 aromatic rings. The Bertz CT molecular complexity index is 158. The summed E-state index contributed by atoms with van der Waals surface area (Å²) in [5, 5.41) is 22.7. The van der Waals surface area contributed by atoms with Crippen LogP contribution in [0.25, 0.3) is 0 Å². The van der Waals surface area contributed by atoms with Gasteiger partial charge in [0.2, 0.25) is 0 Å². The molecule has 0 rings (SSSR count). The summed E-state index contributed by atoms with van der Waals surface area (Å²) in [5.74, 6) is 0. The molecule has 70 valence electrons. The zero-order valence-corrected chi connectivity index (χ0v) is 7.02. The summed E-state index contributed by atoms with van der Waals surface area (Å²) in [6, 6.07) is 0. The smallest absolute Gasteiger partial charge is 0.132 e. The molecule has 6 nitrogen and oxygen atoms in total. The summed E-state index contributed by atoms with van der Waals surface area (Å²) in [4.78, 5) is 0. The average Bonchev–Trinajstić information content (AvgIpc) is 2.11. The molecule has 0 fully saturated rings. The number of oxime groups is 2. The first-order chi connectivity index (χ1) is 5.79. The minimum absolute atomic E-state index is 0.0687. The standard InChI is InChI=1S/C6H12N2O4/c1-11-3-5(7-9)6(8-10)4-12-2/h9-10H,3-4H2,1-2H3. The van der Waals surface area contributed by atoms with Crippen LogP contribution in [0.1, 0.15) is 0 Å². The predicted octanol–water partition coefficient (Wildman–Crippen LogP) is -0.0604. The van der Waals surface area contributed by atoms with E-state index in [0.717, 1.165) is 0 Å². The molecule has 0 bridgehead atoms. The topological polar surface area (TPSA) is 83.6 Å². The molecule has 0 amide bonds. The highest BCUT2D eigenvalue weighted by atomic mass is 16.5. The van der Waals surface area contributed by atoms with Gasteiger partial charge < -0.3 is 19.9 Å². The zero-order valence-electron chi connectivity index (χ0n) is 7.02. The van der Waals surface area contributed by atoms with Crippen LogP contribution in [-0.2, 0) is 9.47 Å². The van der Waals surface area contributed by atoms with Gasteiger partial charge in [0.1, 0.15) is 11.4 Å². The fourth-order valence-electron chi connectivity index (χ4n) is 0.613. The van der Waals surface area contributed by atoms with Crippen molar-refractivity contribution in [3.8, 4) is 0 Å². The van der Waals surface area contributed by atoms with Gasteiger partial charge in [-0.25, -0.2) is 0 Å². The molecule has 0 aromatic carbocycles. The summed E-state index contributed by atoms with van der Waals surface area (Å²) in [7, 11) is 2.87. The molecule has 0 heterocycles. The number of nitrogens with zero attached hydrogens (tertiary/aromatic N) is 2. The maximum absolute atomic E-state index is 8.45. The van der Waals surface area contributed by atoms with E-state index < -0.39 is 0 Å². The second-order valence-electron chi connectivity index (χ2n) is 1.96. The van der Waals surface area contributed by atoms with Crippen LogP contribution in [0.15, 0.2) is 10.3 Å². The molecule has 0 aliphatic rings. The second kappa shape index (κ2) is 6.56. The van der Waals surface area contributed by atoms with Gasteiger partial charge in [0.25, 0.3) is 0 Å². The lowest BCUT2D eigenvalue weighted by Crippen LogP contribution is -2.24. The molecule has 0 saturated carbocycles. The van der Waals surface area contributed by atoms with Gasteiger partial charge in [-0.2, -0.15) is 0 Å². The first-order valence-electron chi connectivity index (χ1n) is 3.20. The van der Waals surface area contributed by atoms with Crippen LogP contribution < -0.4 is 0 Å². The van der Waals surface area contributed by atoms with Crippen LogP contribution in [0.2, 0.25) is 0 Å². The van der Waals surface area contributed by atoms with E-state index in [1.54, 1.807) is 0 Å². The molecular formula is C6H12N2O4. The van der Waals surface area contributed by atoms with E-state index in [2.05, 4.69) is 19.8 Å². The Balaban J connectivity index is 4.26. The third kappa shape index (κ3) is 3.31. The summed E-state index contributed by atoms with van der Waals surface area (Å²) in [6.07, 6.45) is 0. The van der Waals surface area contributed by atoms with Gasteiger partial charge in [0, 0.05) is 14.2 Å². The molecule has 0 atom stereocenters. The van der Waals surface area contributed by atoms with Gasteiger partial charge in [-0.15, -0.1) is 0 Å². The molecule has 6 heteroatoms. The zero-order chi connectivity index (χ0) is 9.40. The van der Waals surface area contributed by atoms with E-state index in [4.69, 9.17) is 10.4 Å². The monoisotopic (exact) mass is 176 g/mol. The van der Waals surface area contributed by atoms with E-state index in [9.17, 15) is 0 Å². The van der Waals surface area contributed by atoms with Gasteiger partial charge in [0.05, 0.1) is 13.2 Å². The van der Waals surface area contributed by atoms with Crippen molar-refractivity contribution in [1.82, 2.24) is 0 Å². The number of hydrogen-bond acceptors (Lipinski definition) is 6. The summed E-state index contributed by atoms with van der Waals surface area (Å²) < 4.78 is 9.37. The largest absolute Gasteiger partial charge is 0.411 e. The van der Waals surface area contributed by atoms with Crippen LogP contribution >= 0.6 is 0 Å². The Morgan fingerprint density at radius 2 is 1.33 bits per heavy atom. The van der Waals surface area contributed by atoms with Gasteiger partial charge in [-0.05, 0) is 0 Å². The maximum Gasteiger partial charge on any atom is 0.132 e. The number of hydrogen-bond donors (Lipinski definition) is 2. The Hall–Kier alpha value is -1.14. The van der Waals surface area contributed by atoms with Crippen molar-refractivity contribution >= 4 is 11.4 Å². The van der Waals surface area contributed by atoms with Crippen LogP contribution in [0.4, 0.5) is 0 Å². The maximum atomic E-state index is 8.45. The fourth-order valence-corrected chi connectivity index (χ4v) is 0.613. The number of ether oxygens (including phenoxy) is 2. The van der Waals surface area contributed by atoms with Crippen molar-refractivity contribution in [3.05, 3.63) is 0 Å². The number of rotatable bonds is 5. The average molecular weight is 176 g/mol. The van der Waals surface area contributed by atoms with Crippen molar-refractivity contribution in [3.63, 3.8) is 0 Å². The Morgan fingerprint density at radius 3 is 1.50 bits per heavy atom. The lowest BCUT2D eigenvalue weighted by Gasteiger charge is -2.03. The first kappa shape index (κ1) is 10.9. The van der Waals surface area contributed by atoms with E-state index in [-0.39, 0.29) is 24.6 Å². The molecule has 2 N–H and O–H groups in total. The highest BCUT2D eigenvalue weighted by molar-refractivity contribution is 6.43. The van der Waals surface area contributed by atoms with E-state index >= 15 is 0 Å². The normalized spacial score (nSPS) is 13.5. The third-order valence-corrected chi connectivity index (χ3v) is 1.14.